The summed E-state index contributed by atoms with van der Waals surface area (Å²) in [6.45, 7) is 2.62. The summed E-state index contributed by atoms with van der Waals surface area (Å²) in [5, 5.41) is 9.37. The molecule has 1 aromatic rings. The van der Waals surface area contributed by atoms with Crippen LogP contribution in [0.3, 0.4) is 0 Å². The average molecular weight is 240 g/mol. The van der Waals surface area contributed by atoms with E-state index in [1.54, 1.807) is 13.3 Å². The van der Waals surface area contributed by atoms with Gasteiger partial charge in [0.05, 0.1) is 12.2 Å². The van der Waals surface area contributed by atoms with Crippen LogP contribution >= 0.6 is 0 Å². The molecule has 0 fully saturated rings. The first kappa shape index (κ1) is 13.7. The summed E-state index contributed by atoms with van der Waals surface area (Å²) in [4.78, 5) is 11.7. The van der Waals surface area contributed by atoms with Crippen molar-refractivity contribution in [1.29, 1.82) is 0 Å². The van der Waals surface area contributed by atoms with Crippen LogP contribution in [0.2, 0.25) is 0 Å². The molecule has 0 saturated carbocycles. The quantitative estimate of drug-likeness (QED) is 0.610. The number of rotatable bonds is 7. The van der Waals surface area contributed by atoms with Crippen molar-refractivity contribution in [3.63, 3.8) is 0 Å². The summed E-state index contributed by atoms with van der Waals surface area (Å²) in [5.74, 6) is 0.444. The lowest BCUT2D eigenvalue weighted by Crippen LogP contribution is -2.36. The summed E-state index contributed by atoms with van der Waals surface area (Å²) in [5.41, 5.74) is 6.74. The van der Waals surface area contributed by atoms with Gasteiger partial charge in [-0.15, -0.1) is 0 Å². The second-order valence-electron chi connectivity index (χ2n) is 3.85. The number of aromatic amines is 1. The van der Waals surface area contributed by atoms with Crippen LogP contribution in [0.4, 0.5) is 5.82 Å². The van der Waals surface area contributed by atoms with Gasteiger partial charge in [0.1, 0.15) is 5.82 Å². The number of hydrogen-bond acceptors (Lipinski definition) is 4. The van der Waals surface area contributed by atoms with Gasteiger partial charge in [-0.2, -0.15) is 5.10 Å². The standard InChI is InChI=1S/C11H20N4O2/c1-3-8-7-13-15-10(8)14-11(16)9(12)5-4-6-17-2/h7,9H,3-6,12H2,1-2H3,(H2,13,14,15,16). The molecule has 0 radical (unpaired) electrons. The molecule has 1 aromatic heterocycles. The van der Waals surface area contributed by atoms with Gasteiger partial charge in [-0.25, -0.2) is 0 Å². The summed E-state index contributed by atoms with van der Waals surface area (Å²) < 4.78 is 4.91. The van der Waals surface area contributed by atoms with Crippen LogP contribution in [0, 0.1) is 0 Å². The minimum Gasteiger partial charge on any atom is -0.385 e. The van der Waals surface area contributed by atoms with Gasteiger partial charge in [-0.05, 0) is 19.3 Å². The molecule has 1 amide bonds. The first-order chi connectivity index (χ1) is 8.19. The molecule has 0 aliphatic rings. The first-order valence-corrected chi connectivity index (χ1v) is 5.76. The summed E-state index contributed by atoms with van der Waals surface area (Å²) in [7, 11) is 1.63. The molecule has 6 heteroatoms. The molecule has 0 aliphatic carbocycles. The Morgan fingerprint density at radius 2 is 2.47 bits per heavy atom. The highest BCUT2D eigenvalue weighted by atomic mass is 16.5. The normalized spacial score (nSPS) is 12.4. The van der Waals surface area contributed by atoms with E-state index in [2.05, 4.69) is 15.5 Å². The zero-order valence-corrected chi connectivity index (χ0v) is 10.3. The predicted molar refractivity (Wildman–Crippen MR) is 65.7 cm³/mol. The van der Waals surface area contributed by atoms with Crippen molar-refractivity contribution in [2.75, 3.05) is 19.0 Å². The number of aryl methyl sites for hydroxylation is 1. The minimum absolute atomic E-state index is 0.194. The van der Waals surface area contributed by atoms with E-state index in [1.165, 1.54) is 0 Å². The lowest BCUT2D eigenvalue weighted by molar-refractivity contribution is -0.117. The molecule has 1 atom stereocenters. The van der Waals surface area contributed by atoms with Crippen LogP contribution in [0.1, 0.15) is 25.3 Å². The molecule has 0 aliphatic heterocycles. The molecule has 0 aromatic carbocycles. The van der Waals surface area contributed by atoms with Crippen LogP contribution in [-0.2, 0) is 16.0 Å². The fourth-order valence-electron chi connectivity index (χ4n) is 1.48. The van der Waals surface area contributed by atoms with Gasteiger partial charge in [-0.3, -0.25) is 9.89 Å². The number of aromatic nitrogens is 2. The fraction of sp³-hybridized carbons (Fsp3) is 0.636. The molecule has 6 nitrogen and oxygen atoms in total. The third-order valence-corrected chi connectivity index (χ3v) is 2.55. The van der Waals surface area contributed by atoms with Crippen molar-refractivity contribution >= 4 is 11.7 Å². The van der Waals surface area contributed by atoms with Crippen molar-refractivity contribution in [2.45, 2.75) is 32.2 Å². The third-order valence-electron chi connectivity index (χ3n) is 2.55. The van der Waals surface area contributed by atoms with Crippen LogP contribution in [0.15, 0.2) is 6.20 Å². The van der Waals surface area contributed by atoms with Gasteiger partial charge in [0.15, 0.2) is 0 Å². The van der Waals surface area contributed by atoms with Gasteiger partial charge >= 0.3 is 0 Å². The average Bonchev–Trinajstić information content (AvgIpc) is 2.76. The second-order valence-corrected chi connectivity index (χ2v) is 3.85. The maximum atomic E-state index is 11.7. The summed E-state index contributed by atoms with van der Waals surface area (Å²) in [6.07, 6.45) is 3.89. The number of nitrogens with zero attached hydrogens (tertiary/aromatic N) is 1. The maximum Gasteiger partial charge on any atom is 0.242 e. The largest absolute Gasteiger partial charge is 0.385 e. The number of carbonyl (C=O) groups excluding carboxylic acids is 1. The second kappa shape index (κ2) is 7.03. The topological polar surface area (TPSA) is 93.0 Å². The number of nitrogens with two attached hydrogens (primary N) is 1. The molecule has 4 N–H and O–H groups in total. The van der Waals surface area contributed by atoms with E-state index in [0.717, 1.165) is 18.4 Å². The molecular weight excluding hydrogens is 220 g/mol. The van der Waals surface area contributed by atoms with Crippen LogP contribution in [0.5, 0.6) is 0 Å². The van der Waals surface area contributed by atoms with Crippen molar-refractivity contribution in [3.05, 3.63) is 11.8 Å². The summed E-state index contributed by atoms with van der Waals surface area (Å²) in [6, 6.07) is -0.516. The molecule has 0 spiro atoms. The highest BCUT2D eigenvalue weighted by Gasteiger charge is 2.15. The van der Waals surface area contributed by atoms with E-state index in [-0.39, 0.29) is 5.91 Å². The predicted octanol–water partition coefficient (Wildman–Crippen LogP) is 0.664. The Morgan fingerprint density at radius 3 is 3.12 bits per heavy atom. The molecule has 1 heterocycles. The first-order valence-electron chi connectivity index (χ1n) is 5.76. The molecule has 0 saturated heterocycles. The van der Waals surface area contributed by atoms with Gasteiger partial charge in [-0.1, -0.05) is 6.92 Å². The fourth-order valence-corrected chi connectivity index (χ4v) is 1.48. The van der Waals surface area contributed by atoms with E-state index in [1.807, 2.05) is 6.92 Å². The summed E-state index contributed by atoms with van der Waals surface area (Å²) >= 11 is 0. The van der Waals surface area contributed by atoms with Crippen molar-refractivity contribution in [3.8, 4) is 0 Å². The van der Waals surface area contributed by atoms with Gasteiger partial charge in [0.2, 0.25) is 5.91 Å². The van der Waals surface area contributed by atoms with Gasteiger partial charge in [0, 0.05) is 19.3 Å². The van der Waals surface area contributed by atoms with E-state index < -0.39 is 6.04 Å². The Hall–Kier alpha value is -1.40. The molecule has 1 unspecified atom stereocenters. The van der Waals surface area contributed by atoms with E-state index in [9.17, 15) is 4.79 Å². The maximum absolute atomic E-state index is 11.7. The number of nitrogens with one attached hydrogen (secondary N) is 2. The van der Waals surface area contributed by atoms with Crippen LogP contribution in [-0.4, -0.2) is 35.9 Å². The van der Waals surface area contributed by atoms with Crippen molar-refractivity contribution in [1.82, 2.24) is 10.2 Å². The van der Waals surface area contributed by atoms with Crippen LogP contribution < -0.4 is 11.1 Å². The lowest BCUT2D eigenvalue weighted by Gasteiger charge is -2.11. The Labute approximate surface area is 101 Å². The Morgan fingerprint density at radius 1 is 1.71 bits per heavy atom. The number of anilines is 1. The molecule has 0 bridgehead atoms. The molecular formula is C11H20N4O2. The molecule has 17 heavy (non-hydrogen) atoms. The number of ether oxygens (including phenoxy) is 1. The van der Waals surface area contributed by atoms with E-state index in [0.29, 0.717) is 18.8 Å². The van der Waals surface area contributed by atoms with E-state index >= 15 is 0 Å². The van der Waals surface area contributed by atoms with Crippen molar-refractivity contribution in [2.24, 2.45) is 5.73 Å². The Bertz CT molecular complexity index is 351. The molecule has 1 rings (SSSR count). The SMILES string of the molecule is CCc1cn[nH]c1NC(=O)C(N)CCCOC. The minimum atomic E-state index is -0.516. The molecule has 96 valence electrons. The van der Waals surface area contributed by atoms with Crippen molar-refractivity contribution < 1.29 is 9.53 Å². The van der Waals surface area contributed by atoms with Gasteiger partial charge in [0.25, 0.3) is 0 Å². The highest BCUT2D eigenvalue weighted by molar-refractivity contribution is 5.94. The Kier molecular flexibility index (Phi) is 5.65. The number of carbonyl (C=O) groups is 1. The zero-order valence-electron chi connectivity index (χ0n) is 10.3. The van der Waals surface area contributed by atoms with Gasteiger partial charge < -0.3 is 15.8 Å². The zero-order chi connectivity index (χ0) is 12.7. The highest BCUT2D eigenvalue weighted by Crippen LogP contribution is 2.11. The number of H-pyrrole nitrogens is 1. The Balaban J connectivity index is 2.43. The lowest BCUT2D eigenvalue weighted by atomic mass is 10.1. The monoisotopic (exact) mass is 240 g/mol. The number of amides is 1. The van der Waals surface area contributed by atoms with Crippen LogP contribution in [0.25, 0.3) is 0 Å². The van der Waals surface area contributed by atoms with E-state index in [4.69, 9.17) is 10.5 Å². The number of hydrogen-bond donors (Lipinski definition) is 3. The smallest absolute Gasteiger partial charge is 0.242 e. The third kappa shape index (κ3) is 4.16. The number of methoxy groups -OCH3 is 1.